The molecule has 1 amide bonds. The molecule has 4 heteroatoms. The molecular formula is C16H30N2O2. The van der Waals surface area contributed by atoms with Crippen molar-refractivity contribution in [3.63, 3.8) is 0 Å². The van der Waals surface area contributed by atoms with E-state index in [9.17, 15) is 4.79 Å². The Hall–Kier alpha value is -0.610. The molecule has 2 aliphatic heterocycles. The van der Waals surface area contributed by atoms with Gasteiger partial charge in [-0.15, -0.1) is 0 Å². The summed E-state index contributed by atoms with van der Waals surface area (Å²) < 4.78 is 5.83. The molecule has 0 aromatic rings. The second kappa shape index (κ2) is 6.90. The van der Waals surface area contributed by atoms with Crippen molar-refractivity contribution >= 4 is 5.91 Å². The van der Waals surface area contributed by atoms with Crippen LogP contribution >= 0.6 is 0 Å². The van der Waals surface area contributed by atoms with E-state index in [0.29, 0.717) is 17.7 Å². The summed E-state index contributed by atoms with van der Waals surface area (Å²) >= 11 is 0. The summed E-state index contributed by atoms with van der Waals surface area (Å²) in [5, 5.41) is 3.43. The molecule has 2 fully saturated rings. The SMILES string of the molecule is CCN(CC1CCCNC1)C(=O)C1C(C)OC(C)C1C. The van der Waals surface area contributed by atoms with Gasteiger partial charge in [-0.3, -0.25) is 4.79 Å². The zero-order chi connectivity index (χ0) is 14.7. The second-order valence-corrected chi connectivity index (χ2v) is 6.52. The van der Waals surface area contributed by atoms with Crippen molar-refractivity contribution in [2.75, 3.05) is 26.2 Å². The maximum atomic E-state index is 12.8. The highest BCUT2D eigenvalue weighted by atomic mass is 16.5. The van der Waals surface area contributed by atoms with Crippen LogP contribution in [0.15, 0.2) is 0 Å². The third kappa shape index (κ3) is 3.34. The Balaban J connectivity index is 1.97. The predicted octanol–water partition coefficient (Wildman–Crippen LogP) is 1.89. The van der Waals surface area contributed by atoms with Crippen LogP contribution < -0.4 is 5.32 Å². The van der Waals surface area contributed by atoms with Crippen LogP contribution in [-0.2, 0) is 9.53 Å². The number of rotatable bonds is 4. The molecule has 2 heterocycles. The number of carbonyl (C=O) groups excluding carboxylic acids is 1. The Morgan fingerprint density at radius 3 is 2.55 bits per heavy atom. The van der Waals surface area contributed by atoms with Crippen LogP contribution in [0, 0.1) is 17.8 Å². The van der Waals surface area contributed by atoms with Gasteiger partial charge in [0.1, 0.15) is 0 Å². The fourth-order valence-electron chi connectivity index (χ4n) is 3.67. The summed E-state index contributed by atoms with van der Waals surface area (Å²) in [6.07, 6.45) is 2.70. The maximum Gasteiger partial charge on any atom is 0.228 e. The lowest BCUT2D eigenvalue weighted by Gasteiger charge is -2.32. The minimum absolute atomic E-state index is 0.0292. The molecule has 0 spiro atoms. The molecule has 0 aromatic carbocycles. The number of ether oxygens (including phenoxy) is 1. The van der Waals surface area contributed by atoms with Gasteiger partial charge in [0.15, 0.2) is 0 Å². The highest BCUT2D eigenvalue weighted by molar-refractivity contribution is 5.80. The number of carbonyl (C=O) groups is 1. The van der Waals surface area contributed by atoms with Crippen molar-refractivity contribution in [3.8, 4) is 0 Å². The van der Waals surface area contributed by atoms with Crippen molar-refractivity contribution in [3.05, 3.63) is 0 Å². The molecule has 2 saturated heterocycles. The largest absolute Gasteiger partial charge is 0.374 e. The fraction of sp³-hybridized carbons (Fsp3) is 0.938. The lowest BCUT2D eigenvalue weighted by atomic mass is 9.88. The molecule has 0 aromatic heterocycles. The summed E-state index contributed by atoms with van der Waals surface area (Å²) in [4.78, 5) is 14.9. The molecule has 4 nitrogen and oxygen atoms in total. The molecule has 116 valence electrons. The molecule has 5 unspecified atom stereocenters. The van der Waals surface area contributed by atoms with Crippen molar-refractivity contribution in [2.45, 2.75) is 52.7 Å². The highest BCUT2D eigenvalue weighted by Crippen LogP contribution is 2.33. The number of hydrogen-bond acceptors (Lipinski definition) is 3. The van der Waals surface area contributed by atoms with Crippen LogP contribution in [0.3, 0.4) is 0 Å². The van der Waals surface area contributed by atoms with Gasteiger partial charge in [-0.2, -0.15) is 0 Å². The lowest BCUT2D eigenvalue weighted by molar-refractivity contribution is -0.138. The van der Waals surface area contributed by atoms with Crippen molar-refractivity contribution in [2.24, 2.45) is 17.8 Å². The van der Waals surface area contributed by atoms with E-state index in [1.807, 2.05) is 6.92 Å². The van der Waals surface area contributed by atoms with E-state index in [1.165, 1.54) is 12.8 Å². The van der Waals surface area contributed by atoms with Crippen LogP contribution in [-0.4, -0.2) is 49.2 Å². The maximum absolute atomic E-state index is 12.8. The molecule has 2 rings (SSSR count). The molecule has 2 aliphatic rings. The third-order valence-electron chi connectivity index (χ3n) is 5.10. The Morgan fingerprint density at radius 1 is 1.30 bits per heavy atom. The number of piperidine rings is 1. The highest BCUT2D eigenvalue weighted by Gasteiger charge is 2.43. The first-order chi connectivity index (χ1) is 9.54. The van der Waals surface area contributed by atoms with Gasteiger partial charge in [0, 0.05) is 13.1 Å². The Labute approximate surface area is 123 Å². The molecule has 0 bridgehead atoms. The van der Waals surface area contributed by atoms with Gasteiger partial charge in [-0.1, -0.05) is 6.92 Å². The number of amides is 1. The third-order valence-corrected chi connectivity index (χ3v) is 5.10. The summed E-state index contributed by atoms with van der Waals surface area (Å²) in [5.41, 5.74) is 0. The van der Waals surface area contributed by atoms with E-state index < -0.39 is 0 Å². The zero-order valence-electron chi connectivity index (χ0n) is 13.4. The van der Waals surface area contributed by atoms with Crippen LogP contribution in [0.2, 0.25) is 0 Å². The van der Waals surface area contributed by atoms with E-state index in [0.717, 1.165) is 26.2 Å². The first-order valence-electron chi connectivity index (χ1n) is 8.19. The minimum atomic E-state index is 0.0292. The summed E-state index contributed by atoms with van der Waals surface area (Å²) in [5.74, 6) is 1.25. The molecule has 20 heavy (non-hydrogen) atoms. The molecule has 0 saturated carbocycles. The second-order valence-electron chi connectivity index (χ2n) is 6.52. The van der Waals surface area contributed by atoms with E-state index >= 15 is 0 Å². The standard InChI is InChI=1S/C16H30N2O2/c1-5-18(10-14-7-6-8-17-9-14)16(19)15-11(2)12(3)20-13(15)4/h11-15,17H,5-10H2,1-4H3. The van der Waals surface area contributed by atoms with Crippen LogP contribution in [0.4, 0.5) is 0 Å². The van der Waals surface area contributed by atoms with Gasteiger partial charge < -0.3 is 15.0 Å². The summed E-state index contributed by atoms with van der Waals surface area (Å²) in [6.45, 7) is 12.2. The quantitative estimate of drug-likeness (QED) is 0.856. The molecule has 5 atom stereocenters. The van der Waals surface area contributed by atoms with Gasteiger partial charge in [0.2, 0.25) is 5.91 Å². The van der Waals surface area contributed by atoms with Crippen LogP contribution in [0.1, 0.15) is 40.5 Å². The summed E-state index contributed by atoms with van der Waals surface area (Å²) in [7, 11) is 0. The van der Waals surface area contributed by atoms with Crippen molar-refractivity contribution in [1.29, 1.82) is 0 Å². The molecular weight excluding hydrogens is 252 g/mol. The van der Waals surface area contributed by atoms with Gasteiger partial charge in [-0.25, -0.2) is 0 Å². The van der Waals surface area contributed by atoms with E-state index in [1.54, 1.807) is 0 Å². The Bertz CT molecular complexity index is 328. The smallest absolute Gasteiger partial charge is 0.228 e. The average Bonchev–Trinajstić information content (AvgIpc) is 2.70. The van der Waals surface area contributed by atoms with Crippen molar-refractivity contribution in [1.82, 2.24) is 10.2 Å². The van der Waals surface area contributed by atoms with E-state index in [4.69, 9.17) is 4.74 Å². The average molecular weight is 282 g/mol. The monoisotopic (exact) mass is 282 g/mol. The van der Waals surface area contributed by atoms with Gasteiger partial charge in [0.05, 0.1) is 18.1 Å². The molecule has 0 aliphatic carbocycles. The fourth-order valence-corrected chi connectivity index (χ4v) is 3.67. The number of nitrogens with one attached hydrogen (secondary N) is 1. The van der Waals surface area contributed by atoms with Crippen molar-refractivity contribution < 1.29 is 9.53 Å². The van der Waals surface area contributed by atoms with Gasteiger partial charge in [-0.05, 0) is 58.5 Å². The van der Waals surface area contributed by atoms with Crippen LogP contribution in [0.25, 0.3) is 0 Å². The first-order valence-corrected chi connectivity index (χ1v) is 8.19. The minimum Gasteiger partial charge on any atom is -0.374 e. The van der Waals surface area contributed by atoms with Crippen LogP contribution in [0.5, 0.6) is 0 Å². The predicted molar refractivity (Wildman–Crippen MR) is 80.5 cm³/mol. The molecule has 1 N–H and O–H groups in total. The van der Waals surface area contributed by atoms with Gasteiger partial charge in [0.25, 0.3) is 0 Å². The topological polar surface area (TPSA) is 41.6 Å². The Kier molecular flexibility index (Phi) is 5.44. The van der Waals surface area contributed by atoms with E-state index in [-0.39, 0.29) is 18.1 Å². The first kappa shape index (κ1) is 15.8. The number of nitrogens with zero attached hydrogens (tertiary/aromatic N) is 1. The molecule has 0 radical (unpaired) electrons. The van der Waals surface area contributed by atoms with E-state index in [2.05, 4.69) is 31.0 Å². The Morgan fingerprint density at radius 2 is 2.05 bits per heavy atom. The zero-order valence-corrected chi connectivity index (χ0v) is 13.4. The summed E-state index contributed by atoms with van der Waals surface area (Å²) in [6, 6.07) is 0. The lowest BCUT2D eigenvalue weighted by Crippen LogP contribution is -2.45. The van der Waals surface area contributed by atoms with Gasteiger partial charge >= 0.3 is 0 Å². The normalized spacial score (nSPS) is 37.9. The number of hydrogen-bond donors (Lipinski definition) is 1.